The molecule has 1 aliphatic rings. The first-order chi connectivity index (χ1) is 14.9. The molecule has 3 aromatic rings. The molecule has 0 saturated carbocycles. The van der Waals surface area contributed by atoms with Crippen LogP contribution in [-0.2, 0) is 10.0 Å². The van der Waals surface area contributed by atoms with E-state index in [0.29, 0.717) is 41.9 Å². The SMILES string of the molecule is COc1ccc(-c2ccc(N3CCN(S(=O)(=O)c4ccc(C)s4)CC3)nn2)cc1OC. The van der Waals surface area contributed by atoms with E-state index in [-0.39, 0.29) is 0 Å². The summed E-state index contributed by atoms with van der Waals surface area (Å²) in [6, 6.07) is 12.9. The number of aryl methyl sites for hydroxylation is 1. The van der Waals surface area contributed by atoms with E-state index >= 15 is 0 Å². The Hall–Kier alpha value is -2.69. The number of methoxy groups -OCH3 is 2. The Morgan fingerprint density at radius 3 is 2.23 bits per heavy atom. The van der Waals surface area contributed by atoms with E-state index < -0.39 is 10.0 Å². The van der Waals surface area contributed by atoms with E-state index in [4.69, 9.17) is 9.47 Å². The molecule has 0 aliphatic carbocycles. The van der Waals surface area contributed by atoms with Crippen LogP contribution < -0.4 is 14.4 Å². The average Bonchev–Trinajstić information content (AvgIpc) is 3.26. The van der Waals surface area contributed by atoms with Gasteiger partial charge < -0.3 is 14.4 Å². The Balaban J connectivity index is 1.44. The average molecular weight is 461 g/mol. The van der Waals surface area contributed by atoms with E-state index in [2.05, 4.69) is 15.1 Å². The second-order valence-corrected chi connectivity index (χ2v) is 10.6. The Kier molecular flexibility index (Phi) is 6.12. The zero-order valence-electron chi connectivity index (χ0n) is 17.6. The lowest BCUT2D eigenvalue weighted by atomic mass is 10.1. The summed E-state index contributed by atoms with van der Waals surface area (Å²) >= 11 is 1.31. The second kappa shape index (κ2) is 8.81. The molecule has 0 spiro atoms. The Bertz CT molecular complexity index is 1150. The molecule has 2 aromatic heterocycles. The molecule has 31 heavy (non-hydrogen) atoms. The minimum Gasteiger partial charge on any atom is -0.493 e. The lowest BCUT2D eigenvalue weighted by Crippen LogP contribution is -2.48. The summed E-state index contributed by atoms with van der Waals surface area (Å²) in [6.07, 6.45) is 0. The Morgan fingerprint density at radius 1 is 0.903 bits per heavy atom. The standard InChI is InChI=1S/C21H24N4O4S2/c1-15-4-9-21(30-15)31(26,27)25-12-10-24(11-13-25)20-8-6-17(22-23-20)16-5-7-18(28-2)19(14-16)29-3/h4-9,14H,10-13H2,1-3H3. The number of piperazine rings is 1. The molecule has 3 heterocycles. The molecule has 1 aliphatic heterocycles. The van der Waals surface area contributed by atoms with Gasteiger partial charge in [-0.1, -0.05) is 0 Å². The smallest absolute Gasteiger partial charge is 0.252 e. The summed E-state index contributed by atoms with van der Waals surface area (Å²) in [6.45, 7) is 3.87. The van der Waals surface area contributed by atoms with Crippen LogP contribution in [-0.4, -0.2) is 63.3 Å². The van der Waals surface area contributed by atoms with Gasteiger partial charge in [-0.3, -0.25) is 0 Å². The maximum atomic E-state index is 12.8. The normalized spacial score (nSPS) is 15.1. The van der Waals surface area contributed by atoms with Gasteiger partial charge in [-0.2, -0.15) is 4.31 Å². The number of aromatic nitrogens is 2. The van der Waals surface area contributed by atoms with Crippen LogP contribution in [0.2, 0.25) is 0 Å². The molecular weight excluding hydrogens is 436 g/mol. The predicted molar refractivity (Wildman–Crippen MR) is 121 cm³/mol. The molecule has 1 aromatic carbocycles. The van der Waals surface area contributed by atoms with Crippen molar-refractivity contribution in [3.8, 4) is 22.8 Å². The zero-order valence-corrected chi connectivity index (χ0v) is 19.2. The minimum atomic E-state index is -3.43. The van der Waals surface area contributed by atoms with Crippen LogP contribution >= 0.6 is 11.3 Å². The number of hydrogen-bond donors (Lipinski definition) is 0. The van der Waals surface area contributed by atoms with Crippen molar-refractivity contribution in [3.63, 3.8) is 0 Å². The molecule has 164 valence electrons. The third-order valence-corrected chi connectivity index (χ3v) is 8.57. The fourth-order valence-electron chi connectivity index (χ4n) is 3.48. The summed E-state index contributed by atoms with van der Waals surface area (Å²) in [4.78, 5) is 3.04. The van der Waals surface area contributed by atoms with E-state index in [1.807, 2.05) is 43.3 Å². The van der Waals surface area contributed by atoms with Gasteiger partial charge >= 0.3 is 0 Å². The molecule has 0 bridgehead atoms. The number of ether oxygens (including phenoxy) is 2. The first kappa shape index (κ1) is 21.5. The largest absolute Gasteiger partial charge is 0.493 e. The molecule has 1 fully saturated rings. The maximum Gasteiger partial charge on any atom is 0.252 e. The van der Waals surface area contributed by atoms with Crippen LogP contribution in [0.4, 0.5) is 5.82 Å². The third kappa shape index (κ3) is 4.36. The van der Waals surface area contributed by atoms with Crippen molar-refractivity contribution in [1.82, 2.24) is 14.5 Å². The molecule has 0 amide bonds. The summed E-state index contributed by atoms with van der Waals surface area (Å²) in [5.74, 6) is 2.01. The number of hydrogen-bond acceptors (Lipinski definition) is 8. The third-order valence-electron chi connectivity index (χ3n) is 5.20. The summed E-state index contributed by atoms with van der Waals surface area (Å²) in [5.41, 5.74) is 1.60. The van der Waals surface area contributed by atoms with Gasteiger partial charge in [-0.25, -0.2) is 8.42 Å². The lowest BCUT2D eigenvalue weighted by Gasteiger charge is -2.34. The van der Waals surface area contributed by atoms with Gasteiger partial charge in [-0.05, 0) is 49.4 Å². The van der Waals surface area contributed by atoms with Gasteiger partial charge in [0.25, 0.3) is 10.0 Å². The molecule has 0 atom stereocenters. The van der Waals surface area contributed by atoms with Gasteiger partial charge in [0.2, 0.25) is 0 Å². The van der Waals surface area contributed by atoms with Crippen LogP contribution in [0.15, 0.2) is 46.7 Å². The number of sulfonamides is 1. The van der Waals surface area contributed by atoms with Crippen LogP contribution in [0.1, 0.15) is 4.88 Å². The van der Waals surface area contributed by atoms with Crippen molar-refractivity contribution in [2.75, 3.05) is 45.3 Å². The monoisotopic (exact) mass is 460 g/mol. The molecular formula is C21H24N4O4S2. The highest BCUT2D eigenvalue weighted by atomic mass is 32.2. The van der Waals surface area contributed by atoms with E-state index in [0.717, 1.165) is 22.0 Å². The molecule has 0 N–H and O–H groups in total. The predicted octanol–water partition coefficient (Wildman–Crippen LogP) is 3.04. The number of benzene rings is 1. The van der Waals surface area contributed by atoms with Gasteiger partial charge in [0, 0.05) is 36.6 Å². The van der Waals surface area contributed by atoms with Crippen molar-refractivity contribution in [2.45, 2.75) is 11.1 Å². The highest BCUT2D eigenvalue weighted by Gasteiger charge is 2.30. The fraction of sp³-hybridized carbons (Fsp3) is 0.333. The van der Waals surface area contributed by atoms with Crippen molar-refractivity contribution in [3.05, 3.63) is 47.3 Å². The van der Waals surface area contributed by atoms with Crippen molar-refractivity contribution >= 4 is 27.2 Å². The molecule has 0 unspecified atom stereocenters. The number of thiophene rings is 1. The van der Waals surface area contributed by atoms with Crippen molar-refractivity contribution in [1.29, 1.82) is 0 Å². The summed E-state index contributed by atoms with van der Waals surface area (Å²) in [7, 11) is -0.246. The first-order valence-electron chi connectivity index (χ1n) is 9.80. The number of nitrogens with zero attached hydrogens (tertiary/aromatic N) is 4. The quantitative estimate of drug-likeness (QED) is 0.559. The zero-order chi connectivity index (χ0) is 22.0. The minimum absolute atomic E-state index is 0.400. The molecule has 4 rings (SSSR count). The van der Waals surface area contributed by atoms with Gasteiger partial charge in [-0.15, -0.1) is 21.5 Å². The lowest BCUT2D eigenvalue weighted by molar-refractivity contribution is 0.355. The van der Waals surface area contributed by atoms with Crippen LogP contribution in [0, 0.1) is 6.92 Å². The summed E-state index contributed by atoms with van der Waals surface area (Å²) < 4.78 is 38.2. The van der Waals surface area contributed by atoms with E-state index in [1.165, 1.54) is 11.3 Å². The molecule has 0 radical (unpaired) electrons. The van der Waals surface area contributed by atoms with Gasteiger partial charge in [0.15, 0.2) is 17.3 Å². The van der Waals surface area contributed by atoms with Crippen LogP contribution in [0.3, 0.4) is 0 Å². The van der Waals surface area contributed by atoms with Crippen LogP contribution in [0.25, 0.3) is 11.3 Å². The molecule has 8 nitrogen and oxygen atoms in total. The summed E-state index contributed by atoms with van der Waals surface area (Å²) in [5, 5.41) is 8.72. The number of anilines is 1. The van der Waals surface area contributed by atoms with Crippen molar-refractivity contribution in [2.24, 2.45) is 0 Å². The van der Waals surface area contributed by atoms with Crippen molar-refractivity contribution < 1.29 is 17.9 Å². The molecule has 1 saturated heterocycles. The highest BCUT2D eigenvalue weighted by Crippen LogP contribution is 2.32. The first-order valence-corrected chi connectivity index (χ1v) is 12.1. The fourth-order valence-corrected chi connectivity index (χ4v) is 6.34. The Morgan fingerprint density at radius 2 is 1.65 bits per heavy atom. The highest BCUT2D eigenvalue weighted by molar-refractivity contribution is 7.91. The van der Waals surface area contributed by atoms with Gasteiger partial charge in [0.1, 0.15) is 4.21 Å². The Labute approximate surface area is 186 Å². The van der Waals surface area contributed by atoms with Crippen LogP contribution in [0.5, 0.6) is 11.5 Å². The molecule has 10 heteroatoms. The van der Waals surface area contributed by atoms with Gasteiger partial charge in [0.05, 0.1) is 19.9 Å². The topological polar surface area (TPSA) is 84.9 Å². The van der Waals surface area contributed by atoms with E-state index in [1.54, 1.807) is 24.6 Å². The second-order valence-electron chi connectivity index (χ2n) is 7.10. The number of rotatable bonds is 6. The maximum absolute atomic E-state index is 12.8. The van der Waals surface area contributed by atoms with E-state index in [9.17, 15) is 8.42 Å².